The predicted molar refractivity (Wildman–Crippen MR) is 93.0 cm³/mol. The van der Waals surface area contributed by atoms with Crippen molar-refractivity contribution in [1.29, 1.82) is 0 Å². The van der Waals surface area contributed by atoms with Crippen LogP contribution in [0.5, 0.6) is 5.88 Å². The first-order valence-corrected chi connectivity index (χ1v) is 8.30. The van der Waals surface area contributed by atoms with Gasteiger partial charge in [0.1, 0.15) is 0 Å². The maximum Gasteiger partial charge on any atom is 0.212 e. The number of anilines is 1. The van der Waals surface area contributed by atoms with E-state index in [0.29, 0.717) is 11.9 Å². The van der Waals surface area contributed by atoms with Gasteiger partial charge in [0.05, 0.1) is 7.11 Å². The fraction of sp³-hybridized carbons (Fsp3) is 0.421. The Hall–Kier alpha value is -2.07. The van der Waals surface area contributed by atoms with E-state index < -0.39 is 0 Å². The van der Waals surface area contributed by atoms with Gasteiger partial charge in [-0.1, -0.05) is 12.1 Å². The molecule has 2 aliphatic rings. The maximum absolute atomic E-state index is 5.12. The second-order valence-electron chi connectivity index (χ2n) is 6.67. The van der Waals surface area contributed by atoms with E-state index in [1.54, 1.807) is 7.11 Å². The van der Waals surface area contributed by atoms with Gasteiger partial charge in [-0.25, -0.2) is 4.98 Å². The SMILES string of the molecule is COc1ccc(-c2ccc(N3CC[C@@H]4CN(C)C[C@@H]43)cc2)cn1. The fourth-order valence-corrected chi connectivity index (χ4v) is 4.01. The first-order chi connectivity index (χ1) is 11.2. The van der Waals surface area contributed by atoms with E-state index in [1.807, 2.05) is 12.3 Å². The van der Waals surface area contributed by atoms with Gasteiger partial charge < -0.3 is 14.5 Å². The highest BCUT2D eigenvalue weighted by Crippen LogP contribution is 2.35. The van der Waals surface area contributed by atoms with Gasteiger partial charge >= 0.3 is 0 Å². The average Bonchev–Trinajstić information content (AvgIpc) is 3.14. The quantitative estimate of drug-likeness (QED) is 0.872. The van der Waals surface area contributed by atoms with Crippen LogP contribution < -0.4 is 9.64 Å². The number of methoxy groups -OCH3 is 1. The summed E-state index contributed by atoms with van der Waals surface area (Å²) in [5, 5.41) is 0. The molecule has 4 rings (SSSR count). The monoisotopic (exact) mass is 309 g/mol. The molecule has 0 spiro atoms. The van der Waals surface area contributed by atoms with E-state index in [0.717, 1.165) is 11.5 Å². The van der Waals surface area contributed by atoms with Gasteiger partial charge in [-0.15, -0.1) is 0 Å². The van der Waals surface area contributed by atoms with Crippen LogP contribution in [-0.2, 0) is 0 Å². The van der Waals surface area contributed by atoms with Gasteiger partial charge in [-0.3, -0.25) is 0 Å². The van der Waals surface area contributed by atoms with E-state index in [-0.39, 0.29) is 0 Å². The summed E-state index contributed by atoms with van der Waals surface area (Å²) in [5.41, 5.74) is 3.67. The minimum atomic E-state index is 0.652. The number of pyridine rings is 1. The number of benzene rings is 1. The molecule has 0 radical (unpaired) electrons. The summed E-state index contributed by atoms with van der Waals surface area (Å²) in [6.45, 7) is 3.62. The summed E-state index contributed by atoms with van der Waals surface area (Å²) in [5.74, 6) is 1.49. The van der Waals surface area contributed by atoms with Crippen molar-refractivity contribution in [1.82, 2.24) is 9.88 Å². The highest BCUT2D eigenvalue weighted by molar-refractivity contribution is 5.66. The molecule has 4 heteroatoms. The number of aromatic nitrogens is 1. The van der Waals surface area contributed by atoms with E-state index in [9.17, 15) is 0 Å². The molecule has 120 valence electrons. The molecule has 0 bridgehead atoms. The zero-order valence-corrected chi connectivity index (χ0v) is 13.8. The van der Waals surface area contributed by atoms with Gasteiger partial charge in [-0.2, -0.15) is 0 Å². The molecule has 2 fully saturated rings. The van der Waals surface area contributed by atoms with Crippen molar-refractivity contribution >= 4 is 5.69 Å². The van der Waals surface area contributed by atoms with Crippen LogP contribution in [0, 0.1) is 5.92 Å². The molecule has 23 heavy (non-hydrogen) atoms. The number of ether oxygens (including phenoxy) is 1. The van der Waals surface area contributed by atoms with Crippen LogP contribution >= 0.6 is 0 Å². The highest BCUT2D eigenvalue weighted by atomic mass is 16.5. The van der Waals surface area contributed by atoms with Crippen molar-refractivity contribution in [2.75, 3.05) is 38.7 Å². The number of likely N-dealkylation sites (tertiary alicyclic amines) is 1. The third-order valence-corrected chi connectivity index (χ3v) is 5.21. The molecule has 0 unspecified atom stereocenters. The number of hydrogen-bond donors (Lipinski definition) is 0. The third-order valence-electron chi connectivity index (χ3n) is 5.21. The fourth-order valence-electron chi connectivity index (χ4n) is 4.01. The second kappa shape index (κ2) is 5.85. The predicted octanol–water partition coefficient (Wildman–Crippen LogP) is 2.90. The lowest BCUT2D eigenvalue weighted by Crippen LogP contribution is -2.34. The lowest BCUT2D eigenvalue weighted by atomic mass is 10.0. The topological polar surface area (TPSA) is 28.6 Å². The largest absolute Gasteiger partial charge is 0.481 e. The van der Waals surface area contributed by atoms with Crippen LogP contribution in [0.4, 0.5) is 5.69 Å². The van der Waals surface area contributed by atoms with Crippen molar-refractivity contribution in [3.63, 3.8) is 0 Å². The lowest BCUT2D eigenvalue weighted by molar-refractivity contribution is 0.386. The Morgan fingerprint density at radius 3 is 2.52 bits per heavy atom. The molecule has 4 nitrogen and oxygen atoms in total. The zero-order chi connectivity index (χ0) is 15.8. The summed E-state index contributed by atoms with van der Waals surface area (Å²) in [4.78, 5) is 9.33. The maximum atomic E-state index is 5.12. The number of rotatable bonds is 3. The molecular weight excluding hydrogens is 286 g/mol. The molecule has 1 aromatic carbocycles. The Labute approximate surface area is 137 Å². The minimum absolute atomic E-state index is 0.652. The number of fused-ring (bicyclic) bond motifs is 1. The Bertz CT molecular complexity index is 668. The molecular formula is C19H23N3O. The van der Waals surface area contributed by atoms with Crippen LogP contribution in [0.1, 0.15) is 6.42 Å². The van der Waals surface area contributed by atoms with Gasteiger partial charge in [0.15, 0.2) is 0 Å². The van der Waals surface area contributed by atoms with Crippen molar-refractivity contribution in [3.8, 4) is 17.0 Å². The van der Waals surface area contributed by atoms with Crippen LogP contribution in [0.2, 0.25) is 0 Å². The normalized spacial score (nSPS) is 24.0. The van der Waals surface area contributed by atoms with Gasteiger partial charge in [0, 0.05) is 49.2 Å². The van der Waals surface area contributed by atoms with Crippen molar-refractivity contribution < 1.29 is 4.74 Å². The molecule has 2 atom stereocenters. The first kappa shape index (κ1) is 14.5. The summed E-state index contributed by atoms with van der Waals surface area (Å²) in [6.07, 6.45) is 3.19. The Balaban J connectivity index is 1.53. The van der Waals surface area contributed by atoms with Crippen LogP contribution in [0.3, 0.4) is 0 Å². The smallest absolute Gasteiger partial charge is 0.212 e. The van der Waals surface area contributed by atoms with Crippen molar-refractivity contribution in [2.24, 2.45) is 5.92 Å². The summed E-state index contributed by atoms with van der Waals surface area (Å²) in [7, 11) is 3.87. The lowest BCUT2D eigenvalue weighted by Gasteiger charge is -2.26. The molecule has 3 heterocycles. The molecule has 0 amide bonds. The molecule has 2 saturated heterocycles. The zero-order valence-electron chi connectivity index (χ0n) is 13.8. The molecule has 1 aromatic heterocycles. The number of hydrogen-bond acceptors (Lipinski definition) is 4. The van der Waals surface area contributed by atoms with Crippen molar-refractivity contribution in [2.45, 2.75) is 12.5 Å². The first-order valence-electron chi connectivity index (χ1n) is 8.30. The standard InChI is InChI=1S/C19H23N3O/c1-21-12-16-9-10-22(18(16)13-21)17-6-3-14(4-7-17)15-5-8-19(23-2)20-11-15/h3-8,11,16,18H,9-10,12-13H2,1-2H3/t16-,18+/m1/s1. The number of nitrogens with zero attached hydrogens (tertiary/aromatic N) is 3. The van der Waals surface area contributed by atoms with Gasteiger partial charge in [0.25, 0.3) is 0 Å². The summed E-state index contributed by atoms with van der Waals surface area (Å²) in [6, 6.07) is 13.5. The van der Waals surface area contributed by atoms with Crippen LogP contribution in [-0.4, -0.2) is 49.7 Å². The number of likely N-dealkylation sites (N-methyl/N-ethyl adjacent to an activating group) is 1. The summed E-state index contributed by atoms with van der Waals surface area (Å²) < 4.78 is 5.12. The molecule has 2 aromatic rings. The van der Waals surface area contributed by atoms with Gasteiger partial charge in [0.2, 0.25) is 5.88 Å². The average molecular weight is 309 g/mol. The molecule has 2 aliphatic heterocycles. The Morgan fingerprint density at radius 2 is 1.83 bits per heavy atom. The van der Waals surface area contributed by atoms with Crippen molar-refractivity contribution in [3.05, 3.63) is 42.6 Å². The van der Waals surface area contributed by atoms with E-state index in [4.69, 9.17) is 4.74 Å². The second-order valence-corrected chi connectivity index (χ2v) is 6.67. The molecule has 0 saturated carbocycles. The Morgan fingerprint density at radius 1 is 1.04 bits per heavy atom. The van der Waals surface area contributed by atoms with E-state index in [1.165, 1.54) is 37.3 Å². The van der Waals surface area contributed by atoms with Gasteiger partial charge in [-0.05, 0) is 43.1 Å². The Kier molecular flexibility index (Phi) is 3.69. The van der Waals surface area contributed by atoms with Crippen LogP contribution in [0.15, 0.2) is 42.6 Å². The van der Waals surface area contributed by atoms with Crippen LogP contribution in [0.25, 0.3) is 11.1 Å². The highest BCUT2D eigenvalue weighted by Gasteiger charge is 2.39. The minimum Gasteiger partial charge on any atom is -0.481 e. The summed E-state index contributed by atoms with van der Waals surface area (Å²) >= 11 is 0. The van der Waals surface area contributed by atoms with E-state index in [2.05, 4.69) is 52.2 Å². The molecule has 0 aliphatic carbocycles. The van der Waals surface area contributed by atoms with E-state index >= 15 is 0 Å². The third kappa shape index (κ3) is 2.68. The molecule has 0 N–H and O–H groups in total.